The summed E-state index contributed by atoms with van der Waals surface area (Å²) in [4.78, 5) is 0. The molecule has 0 unspecified atom stereocenters. The molecule has 3 aromatic heterocycles. The first-order valence-corrected chi connectivity index (χ1v) is 24.1. The smallest absolute Gasteiger partial charge is 0.179 e. The number of hydrogen-bond acceptors (Lipinski definition) is 0. The van der Waals surface area contributed by atoms with Crippen LogP contribution >= 0.6 is 0 Å². The minimum absolute atomic E-state index is 1.14. The van der Waals surface area contributed by atoms with Crippen LogP contribution in [0.15, 0.2) is 249 Å². The number of aromatic nitrogens is 3. The lowest BCUT2D eigenvalue weighted by atomic mass is 10.1. The predicted octanol–water partition coefficient (Wildman–Crippen LogP) is 12.3. The molecule has 3 nitrogen and oxygen atoms in total. The molecule has 3 heterocycles. The van der Waals surface area contributed by atoms with Crippen molar-refractivity contribution in [1.82, 2.24) is 13.7 Å². The highest BCUT2D eigenvalue weighted by atomic mass is 28.3. The van der Waals surface area contributed by atoms with Gasteiger partial charge in [-0.05, 0) is 98.6 Å². The second-order valence-corrected chi connectivity index (χ2v) is 20.7. The Balaban J connectivity index is 1.03. The third-order valence-corrected chi connectivity index (χ3v) is 18.3. The van der Waals surface area contributed by atoms with E-state index in [1.807, 2.05) is 0 Å². The molecule has 0 aliphatic heterocycles. The van der Waals surface area contributed by atoms with E-state index in [0.717, 1.165) is 17.1 Å². The van der Waals surface area contributed by atoms with Gasteiger partial charge in [0.1, 0.15) is 0 Å². The molecular weight excluding hydrogens is 791 g/mol. The minimum Gasteiger partial charge on any atom is -0.309 e. The molecule has 0 atom stereocenters. The first-order valence-electron chi connectivity index (χ1n) is 22.1. The van der Waals surface area contributed by atoms with E-state index in [9.17, 15) is 0 Å². The molecule has 0 N–H and O–H groups in total. The molecule has 0 aliphatic rings. The van der Waals surface area contributed by atoms with Gasteiger partial charge in [-0.1, -0.05) is 182 Å². The average molecular weight is 832 g/mol. The van der Waals surface area contributed by atoms with Crippen molar-refractivity contribution in [3.63, 3.8) is 0 Å². The molecule has 0 spiro atoms. The molecule has 0 radical (unpaired) electrons. The lowest BCUT2D eigenvalue weighted by Crippen LogP contribution is -2.74. The van der Waals surface area contributed by atoms with Crippen LogP contribution in [0.4, 0.5) is 0 Å². The van der Waals surface area contributed by atoms with Crippen LogP contribution in [-0.2, 0) is 0 Å². The summed E-state index contributed by atoms with van der Waals surface area (Å²) in [5.74, 6) is 0. The summed E-state index contributed by atoms with van der Waals surface area (Å²) in [6.45, 7) is 0. The standard InChI is InChI=1S/C60H41N3Si/c1-5-19-42(20-6-1)43-21-15-22-44(39-43)62-54-33-17-35-56-59(54)60-55(62)34-18-36-57(60)63(56)46-37-38-52-51-31-13-14-32-53(51)61(58(52)41-46)45-23-16-30-50(40-45)64(47-24-7-2-8-25-47,48-26-9-3-10-27-48)49-28-11-4-12-29-49/h1-41H. The number of benzene rings is 10. The van der Waals surface area contributed by atoms with E-state index in [1.54, 1.807) is 0 Å². The van der Waals surface area contributed by atoms with Crippen LogP contribution in [0, 0.1) is 0 Å². The fourth-order valence-corrected chi connectivity index (χ4v) is 15.7. The quantitative estimate of drug-likeness (QED) is 0.107. The van der Waals surface area contributed by atoms with Gasteiger partial charge in [0.05, 0.1) is 33.1 Å². The molecule has 0 fully saturated rings. The Labute approximate surface area is 372 Å². The van der Waals surface area contributed by atoms with E-state index >= 15 is 0 Å². The van der Waals surface area contributed by atoms with Gasteiger partial charge in [0, 0.05) is 38.6 Å². The molecule has 13 aromatic rings. The highest BCUT2D eigenvalue weighted by Gasteiger charge is 2.41. The first kappa shape index (κ1) is 36.5. The Morgan fingerprint density at radius 1 is 0.234 bits per heavy atom. The third-order valence-electron chi connectivity index (χ3n) is 13.5. The predicted molar refractivity (Wildman–Crippen MR) is 272 cm³/mol. The van der Waals surface area contributed by atoms with Crippen molar-refractivity contribution in [2.45, 2.75) is 0 Å². The van der Waals surface area contributed by atoms with Crippen molar-refractivity contribution in [2.75, 3.05) is 0 Å². The fourth-order valence-electron chi connectivity index (χ4n) is 10.9. The zero-order valence-electron chi connectivity index (χ0n) is 35.0. The SMILES string of the molecule is c1ccc(-c2cccc(-n3c4cccc5c4c4c3cccc4n5-c3ccc4c5ccccc5n(-c5cccc([Si](c6ccccc6)(c6ccccc6)c6ccccc6)c5)c4c3)c2)cc1. The average Bonchev–Trinajstić information content (AvgIpc) is 4.02. The van der Waals surface area contributed by atoms with Crippen LogP contribution in [-0.4, -0.2) is 21.8 Å². The van der Waals surface area contributed by atoms with Crippen LogP contribution in [0.5, 0.6) is 0 Å². The molecule has 300 valence electrons. The lowest BCUT2D eigenvalue weighted by Gasteiger charge is -2.34. The van der Waals surface area contributed by atoms with Crippen molar-refractivity contribution in [3.05, 3.63) is 249 Å². The van der Waals surface area contributed by atoms with Gasteiger partial charge in [-0.3, -0.25) is 0 Å². The van der Waals surface area contributed by atoms with Crippen molar-refractivity contribution in [1.29, 1.82) is 0 Å². The Morgan fingerprint density at radius 2 is 0.625 bits per heavy atom. The van der Waals surface area contributed by atoms with E-state index in [2.05, 4.69) is 262 Å². The summed E-state index contributed by atoms with van der Waals surface area (Å²) in [5.41, 5.74) is 13.1. The molecule has 0 saturated carbocycles. The number of nitrogens with zero attached hydrogens (tertiary/aromatic N) is 3. The van der Waals surface area contributed by atoms with Gasteiger partial charge in [-0.15, -0.1) is 0 Å². The zero-order chi connectivity index (χ0) is 42.2. The molecular formula is C60H41N3Si. The van der Waals surface area contributed by atoms with Crippen molar-refractivity contribution in [2.24, 2.45) is 0 Å². The van der Waals surface area contributed by atoms with E-state index < -0.39 is 8.07 Å². The van der Waals surface area contributed by atoms with Gasteiger partial charge >= 0.3 is 0 Å². The molecule has 0 aliphatic carbocycles. The summed E-state index contributed by atoms with van der Waals surface area (Å²) in [7, 11) is -2.77. The molecule has 64 heavy (non-hydrogen) atoms. The molecule has 0 bridgehead atoms. The van der Waals surface area contributed by atoms with Gasteiger partial charge < -0.3 is 13.7 Å². The second kappa shape index (κ2) is 14.5. The largest absolute Gasteiger partial charge is 0.309 e. The van der Waals surface area contributed by atoms with Crippen LogP contribution in [0.1, 0.15) is 0 Å². The Kier molecular flexibility index (Phi) is 8.23. The highest BCUT2D eigenvalue weighted by Crippen LogP contribution is 2.43. The monoisotopic (exact) mass is 831 g/mol. The highest BCUT2D eigenvalue weighted by molar-refractivity contribution is 7.19. The maximum atomic E-state index is 2.50. The van der Waals surface area contributed by atoms with E-state index in [0.29, 0.717) is 0 Å². The molecule has 0 amide bonds. The zero-order valence-corrected chi connectivity index (χ0v) is 36.0. The summed E-state index contributed by atoms with van der Waals surface area (Å²) in [6, 6.07) is 92.1. The topological polar surface area (TPSA) is 14.8 Å². The summed E-state index contributed by atoms with van der Waals surface area (Å²) < 4.78 is 7.42. The van der Waals surface area contributed by atoms with E-state index in [-0.39, 0.29) is 0 Å². The van der Waals surface area contributed by atoms with Crippen molar-refractivity contribution >= 4 is 83.5 Å². The summed E-state index contributed by atoms with van der Waals surface area (Å²) in [6.07, 6.45) is 0. The number of rotatable bonds is 8. The summed E-state index contributed by atoms with van der Waals surface area (Å²) in [5, 5.41) is 10.5. The third kappa shape index (κ3) is 5.33. The van der Waals surface area contributed by atoms with E-state index in [1.165, 1.54) is 86.5 Å². The molecule has 10 aromatic carbocycles. The molecule has 4 heteroatoms. The Hall–Kier alpha value is -8.18. The van der Waals surface area contributed by atoms with Gasteiger partial charge in [0.15, 0.2) is 8.07 Å². The van der Waals surface area contributed by atoms with Crippen LogP contribution in [0.2, 0.25) is 0 Å². The van der Waals surface area contributed by atoms with Crippen LogP contribution in [0.25, 0.3) is 82.8 Å². The van der Waals surface area contributed by atoms with Gasteiger partial charge in [0.2, 0.25) is 0 Å². The lowest BCUT2D eigenvalue weighted by molar-refractivity contribution is 1.15. The van der Waals surface area contributed by atoms with Crippen LogP contribution in [0.3, 0.4) is 0 Å². The van der Waals surface area contributed by atoms with E-state index in [4.69, 9.17) is 0 Å². The maximum Gasteiger partial charge on any atom is 0.179 e. The minimum atomic E-state index is -2.77. The summed E-state index contributed by atoms with van der Waals surface area (Å²) >= 11 is 0. The van der Waals surface area contributed by atoms with Gasteiger partial charge in [-0.2, -0.15) is 0 Å². The fraction of sp³-hybridized carbons (Fsp3) is 0. The van der Waals surface area contributed by atoms with Gasteiger partial charge in [-0.25, -0.2) is 0 Å². The number of hydrogen-bond donors (Lipinski definition) is 0. The Bertz CT molecular complexity index is 3660. The number of para-hydroxylation sites is 1. The van der Waals surface area contributed by atoms with Crippen molar-refractivity contribution in [3.8, 4) is 28.2 Å². The Morgan fingerprint density at radius 3 is 1.20 bits per heavy atom. The van der Waals surface area contributed by atoms with Crippen molar-refractivity contribution < 1.29 is 0 Å². The molecule has 0 saturated heterocycles. The number of fused-ring (bicyclic) bond motifs is 3. The second-order valence-electron chi connectivity index (χ2n) is 16.9. The van der Waals surface area contributed by atoms with Gasteiger partial charge in [0.25, 0.3) is 0 Å². The normalized spacial score (nSPS) is 12.1. The maximum absolute atomic E-state index is 2.77. The first-order chi connectivity index (χ1) is 31.8. The molecule has 13 rings (SSSR count). The van der Waals surface area contributed by atoms with Crippen LogP contribution < -0.4 is 20.7 Å².